The summed E-state index contributed by atoms with van der Waals surface area (Å²) in [5.41, 5.74) is 0.726. The summed E-state index contributed by atoms with van der Waals surface area (Å²) in [7, 11) is 0. The summed E-state index contributed by atoms with van der Waals surface area (Å²) in [6, 6.07) is 7.57. The molecule has 1 aromatic rings. The molecule has 2 aliphatic rings. The second kappa shape index (κ2) is 10.0. The standard InChI is InChI=1S/C22H30N4O5/c1-15(2)12-24-9-10-31-18(13-24)11-23-19(27)14-25-20(28)21(29)26(22(25)30)16(3)17-7-5-4-6-8-17/h4-8,15-16,18H,9-14H2,1-3H3,(H,23,27). The summed E-state index contributed by atoms with van der Waals surface area (Å²) in [4.78, 5) is 53.8. The monoisotopic (exact) mass is 430 g/mol. The zero-order valence-corrected chi connectivity index (χ0v) is 18.2. The zero-order valence-electron chi connectivity index (χ0n) is 18.2. The van der Waals surface area contributed by atoms with Gasteiger partial charge < -0.3 is 10.1 Å². The second-order valence-electron chi connectivity index (χ2n) is 8.39. The minimum absolute atomic E-state index is 0.155. The number of imide groups is 2. The highest BCUT2D eigenvalue weighted by molar-refractivity contribution is 6.45. The molecule has 2 aliphatic heterocycles. The fourth-order valence-electron chi connectivity index (χ4n) is 3.90. The molecule has 168 valence electrons. The number of benzene rings is 1. The van der Waals surface area contributed by atoms with E-state index in [2.05, 4.69) is 24.1 Å². The van der Waals surface area contributed by atoms with Crippen molar-refractivity contribution in [3.63, 3.8) is 0 Å². The third-order valence-electron chi connectivity index (χ3n) is 5.43. The van der Waals surface area contributed by atoms with Crippen molar-refractivity contribution >= 4 is 23.8 Å². The van der Waals surface area contributed by atoms with Crippen molar-refractivity contribution in [3.05, 3.63) is 35.9 Å². The van der Waals surface area contributed by atoms with Gasteiger partial charge in [-0.15, -0.1) is 0 Å². The van der Waals surface area contributed by atoms with Crippen LogP contribution in [0.15, 0.2) is 30.3 Å². The summed E-state index contributed by atoms with van der Waals surface area (Å²) in [5.74, 6) is -1.87. The van der Waals surface area contributed by atoms with Crippen molar-refractivity contribution in [2.24, 2.45) is 5.92 Å². The van der Waals surface area contributed by atoms with Crippen LogP contribution >= 0.6 is 0 Å². The van der Waals surface area contributed by atoms with E-state index in [1.54, 1.807) is 31.2 Å². The molecule has 2 fully saturated rings. The van der Waals surface area contributed by atoms with Gasteiger partial charge in [-0.25, -0.2) is 14.6 Å². The molecule has 0 spiro atoms. The predicted octanol–water partition coefficient (Wildman–Crippen LogP) is 1.01. The number of morpholine rings is 1. The van der Waals surface area contributed by atoms with Crippen LogP contribution in [0.3, 0.4) is 0 Å². The van der Waals surface area contributed by atoms with E-state index >= 15 is 0 Å². The minimum Gasteiger partial charge on any atom is -0.374 e. The maximum Gasteiger partial charge on any atom is 0.335 e. The van der Waals surface area contributed by atoms with E-state index in [0.29, 0.717) is 24.0 Å². The van der Waals surface area contributed by atoms with Crippen LogP contribution in [0.2, 0.25) is 0 Å². The number of nitrogens with one attached hydrogen (secondary N) is 1. The summed E-state index contributed by atoms with van der Waals surface area (Å²) in [6.45, 7) is 8.88. The molecule has 31 heavy (non-hydrogen) atoms. The molecule has 2 atom stereocenters. The number of urea groups is 1. The Balaban J connectivity index is 1.54. The van der Waals surface area contributed by atoms with Gasteiger partial charge in [0.15, 0.2) is 0 Å². The Hall–Kier alpha value is -2.78. The summed E-state index contributed by atoms with van der Waals surface area (Å²) < 4.78 is 5.70. The third-order valence-corrected chi connectivity index (χ3v) is 5.43. The highest BCUT2D eigenvalue weighted by atomic mass is 16.5. The fourth-order valence-corrected chi connectivity index (χ4v) is 3.90. The van der Waals surface area contributed by atoms with Crippen LogP contribution in [0.4, 0.5) is 4.79 Å². The molecule has 1 N–H and O–H groups in total. The number of carbonyl (C=O) groups is 4. The Morgan fingerprint density at radius 3 is 2.52 bits per heavy atom. The van der Waals surface area contributed by atoms with Gasteiger partial charge in [0.05, 0.1) is 18.8 Å². The molecule has 2 saturated heterocycles. The first-order valence-corrected chi connectivity index (χ1v) is 10.6. The van der Waals surface area contributed by atoms with Gasteiger partial charge >= 0.3 is 17.8 Å². The summed E-state index contributed by atoms with van der Waals surface area (Å²) in [5, 5.41) is 2.72. The number of carbonyl (C=O) groups excluding carboxylic acids is 4. The molecule has 5 amide bonds. The molecule has 1 aromatic carbocycles. The van der Waals surface area contributed by atoms with Crippen molar-refractivity contribution in [1.29, 1.82) is 0 Å². The molecule has 0 aliphatic carbocycles. The zero-order chi connectivity index (χ0) is 22.5. The van der Waals surface area contributed by atoms with Gasteiger partial charge in [-0.1, -0.05) is 44.2 Å². The Labute approximate surface area is 182 Å². The summed E-state index contributed by atoms with van der Waals surface area (Å²) >= 11 is 0. The number of ether oxygens (including phenoxy) is 1. The largest absolute Gasteiger partial charge is 0.374 e. The number of amides is 5. The van der Waals surface area contributed by atoms with E-state index < -0.39 is 36.3 Å². The molecule has 0 bridgehead atoms. The molecule has 2 heterocycles. The minimum atomic E-state index is -0.986. The van der Waals surface area contributed by atoms with Crippen molar-refractivity contribution in [1.82, 2.24) is 20.0 Å². The van der Waals surface area contributed by atoms with Gasteiger partial charge in [0.1, 0.15) is 6.54 Å². The lowest BCUT2D eigenvalue weighted by molar-refractivity contribution is -0.144. The van der Waals surface area contributed by atoms with Crippen LogP contribution in [0.25, 0.3) is 0 Å². The van der Waals surface area contributed by atoms with Crippen molar-refractivity contribution in [3.8, 4) is 0 Å². The van der Waals surface area contributed by atoms with Crippen LogP contribution < -0.4 is 5.32 Å². The van der Waals surface area contributed by atoms with Crippen molar-refractivity contribution in [2.45, 2.75) is 32.9 Å². The SMILES string of the molecule is CC(C)CN1CCOC(CNC(=O)CN2C(=O)C(=O)N(C(C)c3ccccc3)C2=O)C1. The quantitative estimate of drug-likeness (QED) is 0.488. The molecule has 3 rings (SSSR count). The number of hydrogen-bond acceptors (Lipinski definition) is 6. The molecule has 9 heteroatoms. The van der Waals surface area contributed by atoms with Gasteiger partial charge in [0, 0.05) is 26.2 Å². The highest BCUT2D eigenvalue weighted by Crippen LogP contribution is 2.25. The number of hydrogen-bond donors (Lipinski definition) is 1. The highest BCUT2D eigenvalue weighted by Gasteiger charge is 2.47. The van der Waals surface area contributed by atoms with Crippen molar-refractivity contribution < 1.29 is 23.9 Å². The first-order chi connectivity index (χ1) is 14.8. The average Bonchev–Trinajstić information content (AvgIpc) is 2.95. The van der Waals surface area contributed by atoms with Gasteiger partial charge in [0.2, 0.25) is 5.91 Å². The first-order valence-electron chi connectivity index (χ1n) is 10.6. The van der Waals surface area contributed by atoms with E-state index in [-0.39, 0.29) is 12.6 Å². The van der Waals surface area contributed by atoms with Gasteiger partial charge in [-0.2, -0.15) is 0 Å². The molecule has 0 radical (unpaired) electrons. The van der Waals surface area contributed by atoms with Crippen LogP contribution in [0, 0.1) is 5.92 Å². The Morgan fingerprint density at radius 2 is 1.84 bits per heavy atom. The molecule has 9 nitrogen and oxygen atoms in total. The predicted molar refractivity (Wildman–Crippen MR) is 113 cm³/mol. The van der Waals surface area contributed by atoms with Crippen LogP contribution in [0.1, 0.15) is 32.4 Å². The fraction of sp³-hybridized carbons (Fsp3) is 0.545. The van der Waals surface area contributed by atoms with Gasteiger partial charge in [-0.3, -0.25) is 19.3 Å². The maximum absolute atomic E-state index is 12.7. The van der Waals surface area contributed by atoms with Gasteiger partial charge in [-0.05, 0) is 18.4 Å². The first kappa shape index (κ1) is 22.9. The topological polar surface area (TPSA) is 99.3 Å². The van der Waals surface area contributed by atoms with E-state index in [0.717, 1.165) is 23.6 Å². The van der Waals surface area contributed by atoms with Gasteiger partial charge in [0.25, 0.3) is 0 Å². The van der Waals surface area contributed by atoms with E-state index in [1.165, 1.54) is 0 Å². The Bertz CT molecular complexity index is 828. The average molecular weight is 431 g/mol. The summed E-state index contributed by atoms with van der Waals surface area (Å²) in [6.07, 6.45) is -0.155. The lowest BCUT2D eigenvalue weighted by Gasteiger charge is -2.34. The number of rotatable bonds is 8. The molecular weight excluding hydrogens is 400 g/mol. The Kier molecular flexibility index (Phi) is 7.40. The smallest absolute Gasteiger partial charge is 0.335 e. The van der Waals surface area contributed by atoms with E-state index in [9.17, 15) is 19.2 Å². The van der Waals surface area contributed by atoms with E-state index in [1.807, 2.05) is 6.07 Å². The lowest BCUT2D eigenvalue weighted by atomic mass is 10.1. The van der Waals surface area contributed by atoms with Crippen LogP contribution in [-0.2, 0) is 19.1 Å². The maximum atomic E-state index is 12.7. The molecular formula is C22H30N4O5. The molecule has 0 aromatic heterocycles. The van der Waals surface area contributed by atoms with Crippen LogP contribution in [-0.4, -0.2) is 83.9 Å². The molecule has 2 unspecified atom stereocenters. The van der Waals surface area contributed by atoms with E-state index in [4.69, 9.17) is 4.74 Å². The normalized spacial score (nSPS) is 21.2. The number of nitrogens with zero attached hydrogens (tertiary/aromatic N) is 3. The Morgan fingerprint density at radius 1 is 1.13 bits per heavy atom. The van der Waals surface area contributed by atoms with Crippen LogP contribution in [0.5, 0.6) is 0 Å². The molecule has 0 saturated carbocycles. The third kappa shape index (κ3) is 5.48. The second-order valence-corrected chi connectivity index (χ2v) is 8.39. The lowest BCUT2D eigenvalue weighted by Crippen LogP contribution is -2.50. The van der Waals surface area contributed by atoms with Crippen molar-refractivity contribution in [2.75, 3.05) is 39.3 Å².